The molecule has 0 saturated heterocycles. The summed E-state index contributed by atoms with van der Waals surface area (Å²) >= 11 is 0. The van der Waals surface area contributed by atoms with Gasteiger partial charge in [0, 0.05) is 17.5 Å². The Hall–Kier alpha value is -1.55. The first-order valence-corrected chi connectivity index (χ1v) is 7.60. The SMILES string of the molecule is COc1ccc(C)cc1CC(=O)NCC1(CO)CCCC1. The molecule has 0 atom stereocenters. The van der Waals surface area contributed by atoms with Crippen molar-refractivity contribution in [1.29, 1.82) is 0 Å². The Morgan fingerprint density at radius 1 is 1.38 bits per heavy atom. The first-order valence-electron chi connectivity index (χ1n) is 7.60. The van der Waals surface area contributed by atoms with Crippen LogP contribution in [0.5, 0.6) is 5.75 Å². The molecule has 2 rings (SSSR count). The lowest BCUT2D eigenvalue weighted by Crippen LogP contribution is -2.38. The third-order valence-electron chi connectivity index (χ3n) is 4.45. The number of carbonyl (C=O) groups is 1. The van der Waals surface area contributed by atoms with E-state index in [1.807, 2.05) is 25.1 Å². The quantitative estimate of drug-likeness (QED) is 0.845. The van der Waals surface area contributed by atoms with E-state index in [9.17, 15) is 9.90 Å². The summed E-state index contributed by atoms with van der Waals surface area (Å²) < 4.78 is 5.30. The van der Waals surface area contributed by atoms with Gasteiger partial charge in [-0.25, -0.2) is 0 Å². The molecule has 2 N–H and O–H groups in total. The number of nitrogens with one attached hydrogen (secondary N) is 1. The number of aliphatic hydroxyl groups is 1. The number of carbonyl (C=O) groups excluding carboxylic acids is 1. The number of benzene rings is 1. The normalized spacial score (nSPS) is 16.7. The fraction of sp³-hybridized carbons (Fsp3) is 0.588. The van der Waals surface area contributed by atoms with Gasteiger partial charge >= 0.3 is 0 Å². The molecule has 1 saturated carbocycles. The average Bonchev–Trinajstić information content (AvgIpc) is 2.95. The van der Waals surface area contributed by atoms with Crippen molar-refractivity contribution >= 4 is 5.91 Å². The van der Waals surface area contributed by atoms with Crippen LogP contribution in [-0.2, 0) is 11.2 Å². The predicted octanol–water partition coefficient (Wildman–Crippen LogP) is 2.22. The molecule has 1 amide bonds. The lowest BCUT2D eigenvalue weighted by Gasteiger charge is -2.26. The van der Waals surface area contributed by atoms with E-state index < -0.39 is 0 Å². The van der Waals surface area contributed by atoms with Gasteiger partial charge in [0.05, 0.1) is 20.1 Å². The number of aryl methyl sites for hydroxylation is 1. The third-order valence-corrected chi connectivity index (χ3v) is 4.45. The average molecular weight is 291 g/mol. The Balaban J connectivity index is 1.94. The van der Waals surface area contributed by atoms with Gasteiger partial charge in [0.15, 0.2) is 0 Å². The molecule has 0 heterocycles. The van der Waals surface area contributed by atoms with Gasteiger partial charge in [0.25, 0.3) is 0 Å². The van der Waals surface area contributed by atoms with E-state index in [-0.39, 0.29) is 17.9 Å². The molecule has 0 unspecified atom stereocenters. The second-order valence-electron chi connectivity index (χ2n) is 6.13. The van der Waals surface area contributed by atoms with Gasteiger partial charge in [-0.1, -0.05) is 30.5 Å². The van der Waals surface area contributed by atoms with Crippen LogP contribution in [0.4, 0.5) is 0 Å². The first kappa shape index (κ1) is 15.8. The molecule has 1 fully saturated rings. The van der Waals surface area contributed by atoms with E-state index in [0.29, 0.717) is 13.0 Å². The standard InChI is InChI=1S/C17H25NO3/c1-13-5-6-15(21-2)14(9-13)10-16(20)18-11-17(12-19)7-3-4-8-17/h5-6,9,19H,3-4,7-8,10-12H2,1-2H3,(H,18,20). The smallest absolute Gasteiger partial charge is 0.224 e. The number of amides is 1. The van der Waals surface area contributed by atoms with Crippen molar-refractivity contribution in [2.75, 3.05) is 20.3 Å². The van der Waals surface area contributed by atoms with Gasteiger partial charge in [-0.3, -0.25) is 4.79 Å². The van der Waals surface area contributed by atoms with Gasteiger partial charge in [-0.05, 0) is 25.8 Å². The lowest BCUT2D eigenvalue weighted by atomic mass is 9.87. The minimum absolute atomic E-state index is 0.0152. The van der Waals surface area contributed by atoms with Crippen molar-refractivity contribution in [2.24, 2.45) is 5.41 Å². The highest BCUT2D eigenvalue weighted by atomic mass is 16.5. The van der Waals surface area contributed by atoms with Crippen molar-refractivity contribution in [3.8, 4) is 5.75 Å². The fourth-order valence-electron chi connectivity index (χ4n) is 3.08. The summed E-state index contributed by atoms with van der Waals surface area (Å²) in [5.41, 5.74) is 1.91. The Morgan fingerprint density at radius 3 is 2.71 bits per heavy atom. The van der Waals surface area contributed by atoms with Crippen LogP contribution in [0.25, 0.3) is 0 Å². The maximum absolute atomic E-state index is 12.2. The van der Waals surface area contributed by atoms with E-state index in [2.05, 4.69) is 5.32 Å². The zero-order valence-electron chi connectivity index (χ0n) is 12.9. The molecular weight excluding hydrogens is 266 g/mol. The molecule has 1 aliphatic carbocycles. The summed E-state index contributed by atoms with van der Waals surface area (Å²) in [6.07, 6.45) is 4.59. The highest BCUT2D eigenvalue weighted by Crippen LogP contribution is 2.36. The van der Waals surface area contributed by atoms with E-state index in [1.54, 1.807) is 7.11 Å². The van der Waals surface area contributed by atoms with Crippen LogP contribution in [0.1, 0.15) is 36.8 Å². The molecule has 116 valence electrons. The highest BCUT2D eigenvalue weighted by molar-refractivity contribution is 5.79. The van der Waals surface area contributed by atoms with E-state index in [4.69, 9.17) is 4.74 Å². The number of rotatable bonds is 6. The van der Waals surface area contributed by atoms with Crippen molar-refractivity contribution in [1.82, 2.24) is 5.32 Å². The zero-order valence-corrected chi connectivity index (χ0v) is 12.9. The summed E-state index contributed by atoms with van der Waals surface area (Å²) in [6, 6.07) is 5.85. The molecule has 0 bridgehead atoms. The molecule has 1 aromatic carbocycles. The van der Waals surface area contributed by atoms with Crippen molar-refractivity contribution < 1.29 is 14.6 Å². The minimum atomic E-state index is -0.105. The van der Waals surface area contributed by atoms with E-state index in [1.165, 1.54) is 0 Å². The summed E-state index contributed by atoms with van der Waals surface area (Å²) in [4.78, 5) is 12.2. The molecule has 4 heteroatoms. The molecule has 0 aliphatic heterocycles. The summed E-state index contributed by atoms with van der Waals surface area (Å²) in [6.45, 7) is 2.72. The van der Waals surface area contributed by atoms with Crippen LogP contribution in [0, 0.1) is 12.3 Å². The monoisotopic (exact) mass is 291 g/mol. The predicted molar refractivity (Wildman–Crippen MR) is 82.4 cm³/mol. The molecule has 0 aromatic heterocycles. The number of methoxy groups -OCH3 is 1. The molecule has 21 heavy (non-hydrogen) atoms. The Bertz CT molecular complexity index is 493. The largest absolute Gasteiger partial charge is 0.496 e. The Labute approximate surface area is 126 Å². The van der Waals surface area contributed by atoms with Gasteiger partial charge < -0.3 is 15.2 Å². The van der Waals surface area contributed by atoms with Gasteiger partial charge in [0.1, 0.15) is 5.75 Å². The summed E-state index contributed by atoms with van der Waals surface area (Å²) in [5.74, 6) is 0.729. The zero-order chi connectivity index (χ0) is 15.3. The van der Waals surface area contributed by atoms with Crippen molar-refractivity contribution in [3.63, 3.8) is 0 Å². The van der Waals surface area contributed by atoms with Gasteiger partial charge in [0.2, 0.25) is 5.91 Å². The highest BCUT2D eigenvalue weighted by Gasteiger charge is 2.33. The Morgan fingerprint density at radius 2 is 2.10 bits per heavy atom. The second-order valence-corrected chi connectivity index (χ2v) is 6.13. The second kappa shape index (κ2) is 6.94. The van der Waals surface area contributed by atoms with Crippen LogP contribution >= 0.6 is 0 Å². The van der Waals surface area contributed by atoms with Crippen molar-refractivity contribution in [3.05, 3.63) is 29.3 Å². The minimum Gasteiger partial charge on any atom is -0.496 e. The van der Waals surface area contributed by atoms with Crippen molar-refractivity contribution in [2.45, 2.75) is 39.0 Å². The fourth-order valence-corrected chi connectivity index (χ4v) is 3.08. The van der Waals surface area contributed by atoms with Gasteiger partial charge in [-0.15, -0.1) is 0 Å². The maximum Gasteiger partial charge on any atom is 0.224 e. The molecule has 4 nitrogen and oxygen atoms in total. The summed E-state index contributed by atoms with van der Waals surface area (Å²) in [5, 5.41) is 12.5. The van der Waals surface area contributed by atoms with Gasteiger partial charge in [-0.2, -0.15) is 0 Å². The van der Waals surface area contributed by atoms with Crippen LogP contribution < -0.4 is 10.1 Å². The molecule has 1 aliphatic rings. The molecule has 0 spiro atoms. The molecular formula is C17H25NO3. The van der Waals surface area contributed by atoms with Crippen LogP contribution in [-0.4, -0.2) is 31.3 Å². The molecule has 0 radical (unpaired) electrons. The number of hydrogen-bond acceptors (Lipinski definition) is 3. The Kier molecular flexibility index (Phi) is 5.23. The third kappa shape index (κ3) is 3.97. The topological polar surface area (TPSA) is 58.6 Å². The van der Waals surface area contributed by atoms with E-state index in [0.717, 1.165) is 42.6 Å². The lowest BCUT2D eigenvalue weighted by molar-refractivity contribution is -0.121. The first-order chi connectivity index (χ1) is 10.1. The number of aliphatic hydroxyl groups excluding tert-OH is 1. The van der Waals surface area contributed by atoms with Crippen LogP contribution in [0.15, 0.2) is 18.2 Å². The van der Waals surface area contributed by atoms with E-state index >= 15 is 0 Å². The van der Waals surface area contributed by atoms with Crippen LogP contribution in [0.3, 0.4) is 0 Å². The number of ether oxygens (including phenoxy) is 1. The summed E-state index contributed by atoms with van der Waals surface area (Å²) in [7, 11) is 1.62. The molecule has 1 aromatic rings. The van der Waals surface area contributed by atoms with Crippen LogP contribution in [0.2, 0.25) is 0 Å². The number of hydrogen-bond donors (Lipinski definition) is 2. The maximum atomic E-state index is 12.2.